The predicted molar refractivity (Wildman–Crippen MR) is 112 cm³/mol. The molecule has 0 heterocycles. The summed E-state index contributed by atoms with van der Waals surface area (Å²) in [5, 5.41) is 0.273. The summed E-state index contributed by atoms with van der Waals surface area (Å²) >= 11 is 12.8. The van der Waals surface area contributed by atoms with Crippen LogP contribution in [0.3, 0.4) is 0 Å². The number of ether oxygens (including phenoxy) is 2. The molecule has 2 aromatic carbocycles. The van der Waals surface area contributed by atoms with Gasteiger partial charge in [0, 0.05) is 0 Å². The predicted octanol–water partition coefficient (Wildman–Crippen LogP) is 6.00. The highest BCUT2D eigenvalue weighted by molar-refractivity contribution is 6.45. The molecule has 0 aromatic heterocycles. The number of anilines is 1. The first-order chi connectivity index (χ1) is 14.0. The number of rotatable bonds is 6. The van der Waals surface area contributed by atoms with Crippen molar-refractivity contribution in [2.45, 2.75) is 44.2 Å². The van der Waals surface area contributed by atoms with E-state index in [-0.39, 0.29) is 27.9 Å². The maximum Gasteiger partial charge on any atom is 0.514 e. The van der Waals surface area contributed by atoms with Gasteiger partial charge in [0.05, 0.1) is 16.2 Å². The quantitative estimate of drug-likeness (QED) is 0.318. The molecule has 2 aromatic rings. The molecule has 0 bridgehead atoms. The summed E-state index contributed by atoms with van der Waals surface area (Å²) in [5.41, 5.74) is 1.24. The van der Waals surface area contributed by atoms with Crippen LogP contribution < -0.4 is 9.64 Å². The third-order valence-electron chi connectivity index (χ3n) is 5.88. The van der Waals surface area contributed by atoms with Gasteiger partial charge in [0.1, 0.15) is 11.6 Å². The third-order valence-corrected chi connectivity index (χ3v) is 6.73. The van der Waals surface area contributed by atoms with E-state index in [1.54, 1.807) is 17.0 Å². The van der Waals surface area contributed by atoms with Crippen LogP contribution >= 0.6 is 23.2 Å². The monoisotopic (exact) mass is 433 g/mol. The first-order valence-electron chi connectivity index (χ1n) is 9.66. The molecule has 5 nitrogen and oxygen atoms in total. The summed E-state index contributed by atoms with van der Waals surface area (Å²) in [6.07, 6.45) is 5.34. The van der Waals surface area contributed by atoms with Gasteiger partial charge in [0.15, 0.2) is 5.75 Å². The minimum atomic E-state index is -0.875. The number of halogens is 2. The summed E-state index contributed by atoms with van der Waals surface area (Å²) in [7, 11) is 0. The zero-order valence-corrected chi connectivity index (χ0v) is 17.3. The number of nitrogens with zero attached hydrogens (tertiary/aromatic N) is 1. The average molecular weight is 434 g/mol. The topological polar surface area (TPSA) is 55.8 Å². The number of hydrogen-bond acceptors (Lipinski definition) is 4. The van der Waals surface area contributed by atoms with Crippen LogP contribution in [-0.2, 0) is 16.1 Å². The molecule has 2 fully saturated rings. The summed E-state index contributed by atoms with van der Waals surface area (Å²) in [4.78, 5) is 25.6. The molecule has 152 valence electrons. The van der Waals surface area contributed by atoms with E-state index < -0.39 is 6.16 Å². The Balaban J connectivity index is 1.47. The molecule has 0 N–H and O–H groups in total. The maximum atomic E-state index is 12.0. The van der Waals surface area contributed by atoms with Crippen LogP contribution in [0, 0.1) is 5.92 Å². The Labute approximate surface area is 179 Å². The number of amides is 1. The van der Waals surface area contributed by atoms with Gasteiger partial charge in [-0.3, -0.25) is 4.79 Å². The largest absolute Gasteiger partial charge is 0.514 e. The molecular weight excluding hydrogens is 413 g/mol. The van der Waals surface area contributed by atoms with Gasteiger partial charge in [0.2, 0.25) is 6.41 Å². The fraction of sp³-hybridized carbons (Fsp3) is 0.364. The van der Waals surface area contributed by atoms with Gasteiger partial charge in [-0.1, -0.05) is 66.4 Å². The van der Waals surface area contributed by atoms with E-state index in [1.165, 1.54) is 6.42 Å². The van der Waals surface area contributed by atoms with Crippen molar-refractivity contribution in [1.29, 1.82) is 0 Å². The third kappa shape index (κ3) is 3.94. The first kappa shape index (κ1) is 20.0. The van der Waals surface area contributed by atoms with Crippen molar-refractivity contribution in [3.63, 3.8) is 0 Å². The molecule has 4 rings (SSSR count). The van der Waals surface area contributed by atoms with Gasteiger partial charge in [-0.25, -0.2) is 4.79 Å². The van der Waals surface area contributed by atoms with Crippen molar-refractivity contribution in [1.82, 2.24) is 0 Å². The van der Waals surface area contributed by atoms with Gasteiger partial charge < -0.3 is 14.4 Å². The average Bonchev–Trinajstić information content (AvgIpc) is 3.48. The number of hydrogen-bond donors (Lipinski definition) is 0. The number of carbonyl (C=O) groups excluding carboxylic acids is 2. The van der Waals surface area contributed by atoms with Crippen LogP contribution in [0.1, 0.15) is 37.7 Å². The van der Waals surface area contributed by atoms with E-state index in [9.17, 15) is 9.59 Å². The second-order valence-corrected chi connectivity index (χ2v) is 8.32. The summed E-state index contributed by atoms with van der Waals surface area (Å²) in [6, 6.07) is 12.5. The maximum absolute atomic E-state index is 12.0. The van der Waals surface area contributed by atoms with Gasteiger partial charge in [-0.05, 0) is 42.9 Å². The zero-order chi connectivity index (χ0) is 20.4. The first-order valence-corrected chi connectivity index (χ1v) is 10.4. The molecular formula is C22H21Cl2NO4. The standard InChI is InChI=1S/C22H21Cl2NO4/c23-19-17(25(14-26)22-11-5-4-8-16(22)12-22)9-10-18(20(19)24)29-21(27)28-13-15-6-2-1-3-7-15/h1-3,6-7,9-10,14,16H,4-5,8,11-13H2. The molecule has 0 spiro atoms. The lowest BCUT2D eigenvalue weighted by Crippen LogP contribution is -2.39. The minimum Gasteiger partial charge on any atom is -0.429 e. The Morgan fingerprint density at radius 1 is 1.14 bits per heavy atom. The Hall–Kier alpha value is -2.24. The molecule has 2 atom stereocenters. The normalized spacial score (nSPS) is 22.3. The number of fused-ring (bicyclic) bond motifs is 1. The number of benzene rings is 2. The van der Waals surface area contributed by atoms with E-state index in [1.807, 2.05) is 30.3 Å². The molecule has 2 unspecified atom stereocenters. The minimum absolute atomic E-state index is 0.0806. The lowest BCUT2D eigenvalue weighted by molar-refractivity contribution is -0.108. The van der Waals surface area contributed by atoms with E-state index >= 15 is 0 Å². The van der Waals surface area contributed by atoms with Crippen LogP contribution in [0.15, 0.2) is 42.5 Å². The van der Waals surface area contributed by atoms with Gasteiger partial charge in [0.25, 0.3) is 0 Å². The smallest absolute Gasteiger partial charge is 0.429 e. The van der Waals surface area contributed by atoms with E-state index in [4.69, 9.17) is 32.7 Å². The zero-order valence-electron chi connectivity index (χ0n) is 15.8. The van der Waals surface area contributed by atoms with Crippen LogP contribution in [-0.4, -0.2) is 18.1 Å². The fourth-order valence-corrected chi connectivity index (χ4v) is 4.75. The van der Waals surface area contributed by atoms with Crippen LogP contribution in [0.5, 0.6) is 5.75 Å². The van der Waals surface area contributed by atoms with Crippen LogP contribution in [0.2, 0.25) is 10.0 Å². The molecule has 29 heavy (non-hydrogen) atoms. The van der Waals surface area contributed by atoms with Crippen molar-refractivity contribution >= 4 is 41.5 Å². The highest BCUT2D eigenvalue weighted by atomic mass is 35.5. The van der Waals surface area contributed by atoms with Gasteiger partial charge in [-0.2, -0.15) is 0 Å². The molecule has 0 radical (unpaired) electrons. The molecule has 0 aliphatic heterocycles. The lowest BCUT2D eigenvalue weighted by Gasteiger charge is -2.33. The second kappa shape index (κ2) is 8.25. The Morgan fingerprint density at radius 3 is 2.66 bits per heavy atom. The summed E-state index contributed by atoms with van der Waals surface area (Å²) in [6.45, 7) is 0.0892. The Kier molecular flexibility index (Phi) is 5.70. The van der Waals surface area contributed by atoms with E-state index in [0.717, 1.165) is 37.7 Å². The molecule has 7 heteroatoms. The van der Waals surface area contributed by atoms with Gasteiger partial charge in [-0.15, -0.1) is 0 Å². The fourth-order valence-electron chi connectivity index (χ4n) is 4.31. The van der Waals surface area contributed by atoms with Crippen molar-refractivity contribution in [2.75, 3.05) is 4.90 Å². The Bertz CT molecular complexity index is 921. The Morgan fingerprint density at radius 2 is 1.93 bits per heavy atom. The lowest BCUT2D eigenvalue weighted by atomic mass is 9.94. The number of carbonyl (C=O) groups is 2. The highest BCUT2D eigenvalue weighted by Gasteiger charge is 2.59. The van der Waals surface area contributed by atoms with E-state index in [0.29, 0.717) is 11.6 Å². The molecule has 2 aliphatic carbocycles. The van der Waals surface area contributed by atoms with Crippen LogP contribution in [0.25, 0.3) is 0 Å². The van der Waals surface area contributed by atoms with Crippen molar-refractivity contribution < 1.29 is 19.1 Å². The van der Waals surface area contributed by atoms with Crippen LogP contribution in [0.4, 0.5) is 10.5 Å². The second-order valence-electron chi connectivity index (χ2n) is 7.56. The summed E-state index contributed by atoms with van der Waals surface area (Å²) < 4.78 is 10.3. The molecule has 0 saturated heterocycles. The van der Waals surface area contributed by atoms with Gasteiger partial charge >= 0.3 is 6.16 Å². The molecule has 2 aliphatic rings. The SMILES string of the molecule is O=CN(c1ccc(OC(=O)OCc2ccccc2)c(Cl)c1Cl)C12CCCCC1C2. The van der Waals surface area contributed by atoms with Crippen molar-refractivity contribution in [2.24, 2.45) is 5.92 Å². The van der Waals surface area contributed by atoms with E-state index in [2.05, 4.69) is 0 Å². The summed E-state index contributed by atoms with van der Waals surface area (Å²) in [5.74, 6) is 0.609. The van der Waals surface area contributed by atoms with Crippen molar-refractivity contribution in [3.05, 3.63) is 58.1 Å². The highest BCUT2D eigenvalue weighted by Crippen LogP contribution is 2.59. The van der Waals surface area contributed by atoms with Crippen molar-refractivity contribution in [3.8, 4) is 5.75 Å². The molecule has 1 amide bonds. The molecule has 2 saturated carbocycles.